The first kappa shape index (κ1) is 9.34. The Balaban J connectivity index is 2.54. The quantitative estimate of drug-likeness (QED) is 0.665. The Kier molecular flexibility index (Phi) is 2.11. The summed E-state index contributed by atoms with van der Waals surface area (Å²) in [5.74, 6) is 0.0328. The van der Waals surface area contributed by atoms with Crippen molar-refractivity contribution in [1.82, 2.24) is 0 Å². The number of nitrogens with two attached hydrogens (primary N) is 1. The van der Waals surface area contributed by atoms with E-state index in [0.717, 1.165) is 17.7 Å². The maximum absolute atomic E-state index is 11.3. The number of fused-ring (bicyclic) bond motifs is 1. The van der Waals surface area contributed by atoms with Crippen molar-refractivity contribution in [2.24, 2.45) is 0 Å². The van der Waals surface area contributed by atoms with Gasteiger partial charge in [0.15, 0.2) is 0 Å². The van der Waals surface area contributed by atoms with Crippen LogP contribution in [0, 0.1) is 0 Å². The molecule has 0 radical (unpaired) electrons. The molecule has 1 aliphatic heterocycles. The first-order valence-electron chi connectivity index (χ1n) is 4.45. The van der Waals surface area contributed by atoms with E-state index in [1.165, 1.54) is 0 Å². The van der Waals surface area contributed by atoms with Gasteiger partial charge in [-0.3, -0.25) is 4.79 Å². The Morgan fingerprint density at radius 1 is 1.57 bits per heavy atom. The lowest BCUT2D eigenvalue weighted by Gasteiger charge is -2.15. The minimum Gasteiger partial charge on any atom is -0.399 e. The van der Waals surface area contributed by atoms with Crippen LogP contribution in [0.5, 0.6) is 0 Å². The normalized spacial score (nSPS) is 14.3. The van der Waals surface area contributed by atoms with Crippen LogP contribution in [-0.2, 0) is 11.2 Å². The average Bonchev–Trinajstić information content (AvgIpc) is 2.47. The van der Waals surface area contributed by atoms with Crippen LogP contribution in [0.15, 0.2) is 12.1 Å². The maximum Gasteiger partial charge on any atom is 0.223 e. The van der Waals surface area contributed by atoms with E-state index in [1.807, 2.05) is 0 Å². The molecule has 1 amide bonds. The third-order valence-electron chi connectivity index (χ3n) is 2.45. The van der Waals surface area contributed by atoms with Gasteiger partial charge >= 0.3 is 0 Å². The number of benzene rings is 1. The lowest BCUT2D eigenvalue weighted by Crippen LogP contribution is -2.25. The van der Waals surface area contributed by atoms with Gasteiger partial charge in [-0.05, 0) is 24.1 Å². The molecule has 1 aromatic rings. The molecule has 4 heteroatoms. The number of carbonyl (C=O) groups excluding carboxylic acids is 1. The molecule has 0 atom stereocenters. The second kappa shape index (κ2) is 3.17. The number of halogens is 1. The lowest BCUT2D eigenvalue weighted by atomic mass is 10.1. The number of nitrogens with zero attached hydrogens (tertiary/aromatic N) is 1. The fourth-order valence-corrected chi connectivity index (χ4v) is 2.12. The van der Waals surface area contributed by atoms with Crippen LogP contribution >= 0.6 is 11.6 Å². The molecule has 0 unspecified atom stereocenters. The molecule has 1 aliphatic rings. The van der Waals surface area contributed by atoms with E-state index in [4.69, 9.17) is 17.3 Å². The monoisotopic (exact) mass is 210 g/mol. The van der Waals surface area contributed by atoms with Gasteiger partial charge in [0, 0.05) is 24.2 Å². The molecular weight excluding hydrogens is 200 g/mol. The molecule has 0 saturated carbocycles. The molecule has 0 spiro atoms. The number of anilines is 2. The van der Waals surface area contributed by atoms with Crippen molar-refractivity contribution in [1.29, 1.82) is 0 Å². The van der Waals surface area contributed by atoms with Crippen molar-refractivity contribution < 1.29 is 4.79 Å². The van der Waals surface area contributed by atoms with E-state index in [-0.39, 0.29) is 5.91 Å². The van der Waals surface area contributed by atoms with Gasteiger partial charge in [0.25, 0.3) is 0 Å². The topological polar surface area (TPSA) is 46.3 Å². The summed E-state index contributed by atoms with van der Waals surface area (Å²) in [6, 6.07) is 3.53. The molecule has 2 rings (SSSR count). The second-order valence-electron chi connectivity index (χ2n) is 3.42. The van der Waals surface area contributed by atoms with Crippen molar-refractivity contribution in [2.75, 3.05) is 17.2 Å². The van der Waals surface area contributed by atoms with E-state index in [1.54, 1.807) is 24.0 Å². The molecule has 1 heterocycles. The molecule has 1 aromatic carbocycles. The number of hydrogen-bond acceptors (Lipinski definition) is 2. The van der Waals surface area contributed by atoms with E-state index in [2.05, 4.69) is 0 Å². The molecule has 3 nitrogen and oxygen atoms in total. The standard InChI is InChI=1S/C10H11ClN2O/c1-6(14)13-3-2-8-9(11)4-7(12)5-10(8)13/h4-5H,2-3,12H2,1H3. The number of carbonyl (C=O) groups is 1. The molecule has 0 saturated heterocycles. The maximum atomic E-state index is 11.3. The third kappa shape index (κ3) is 1.34. The zero-order valence-electron chi connectivity index (χ0n) is 7.88. The first-order valence-corrected chi connectivity index (χ1v) is 4.83. The Labute approximate surface area is 87.4 Å². The van der Waals surface area contributed by atoms with Crippen LogP contribution in [-0.4, -0.2) is 12.5 Å². The van der Waals surface area contributed by atoms with Crippen molar-refractivity contribution in [3.8, 4) is 0 Å². The fraction of sp³-hybridized carbons (Fsp3) is 0.300. The Morgan fingerprint density at radius 3 is 2.93 bits per heavy atom. The van der Waals surface area contributed by atoms with Crippen LogP contribution in [0.3, 0.4) is 0 Å². The second-order valence-corrected chi connectivity index (χ2v) is 3.83. The van der Waals surface area contributed by atoms with E-state index < -0.39 is 0 Å². The van der Waals surface area contributed by atoms with E-state index in [0.29, 0.717) is 17.3 Å². The predicted octanol–water partition coefficient (Wildman–Crippen LogP) is 1.83. The van der Waals surface area contributed by atoms with E-state index in [9.17, 15) is 4.79 Å². The highest BCUT2D eigenvalue weighted by Gasteiger charge is 2.24. The summed E-state index contributed by atoms with van der Waals surface area (Å²) < 4.78 is 0. The van der Waals surface area contributed by atoms with Gasteiger partial charge in [-0.15, -0.1) is 0 Å². The average molecular weight is 211 g/mol. The zero-order valence-corrected chi connectivity index (χ0v) is 8.64. The van der Waals surface area contributed by atoms with Gasteiger partial charge in [-0.25, -0.2) is 0 Å². The summed E-state index contributed by atoms with van der Waals surface area (Å²) in [5.41, 5.74) is 8.16. The molecule has 0 aromatic heterocycles. The summed E-state index contributed by atoms with van der Waals surface area (Å²) >= 11 is 6.03. The molecular formula is C10H11ClN2O. The molecule has 74 valence electrons. The van der Waals surface area contributed by atoms with Gasteiger partial charge in [0.1, 0.15) is 0 Å². The van der Waals surface area contributed by atoms with E-state index >= 15 is 0 Å². The van der Waals surface area contributed by atoms with Crippen molar-refractivity contribution in [3.05, 3.63) is 22.7 Å². The summed E-state index contributed by atoms with van der Waals surface area (Å²) in [4.78, 5) is 13.0. The van der Waals surface area contributed by atoms with Gasteiger partial charge in [0.2, 0.25) is 5.91 Å². The van der Waals surface area contributed by atoms with Gasteiger partial charge in [0.05, 0.1) is 5.69 Å². The van der Waals surface area contributed by atoms with Crippen LogP contribution in [0.1, 0.15) is 12.5 Å². The Hall–Kier alpha value is -1.22. The number of amides is 1. The third-order valence-corrected chi connectivity index (χ3v) is 2.79. The predicted molar refractivity (Wildman–Crippen MR) is 57.6 cm³/mol. The van der Waals surface area contributed by atoms with Crippen molar-refractivity contribution >= 4 is 28.9 Å². The number of rotatable bonds is 0. The van der Waals surface area contributed by atoms with Gasteiger partial charge < -0.3 is 10.6 Å². The summed E-state index contributed by atoms with van der Waals surface area (Å²) in [6.45, 7) is 2.25. The van der Waals surface area contributed by atoms with Crippen LogP contribution in [0.4, 0.5) is 11.4 Å². The molecule has 0 aliphatic carbocycles. The largest absolute Gasteiger partial charge is 0.399 e. The van der Waals surface area contributed by atoms with Crippen LogP contribution < -0.4 is 10.6 Å². The molecule has 0 bridgehead atoms. The molecule has 14 heavy (non-hydrogen) atoms. The fourth-order valence-electron chi connectivity index (χ4n) is 1.80. The minimum atomic E-state index is 0.0328. The summed E-state index contributed by atoms with van der Waals surface area (Å²) in [7, 11) is 0. The Morgan fingerprint density at radius 2 is 2.29 bits per heavy atom. The number of hydrogen-bond donors (Lipinski definition) is 1. The van der Waals surface area contributed by atoms with Crippen LogP contribution in [0.25, 0.3) is 0 Å². The van der Waals surface area contributed by atoms with Gasteiger partial charge in [-0.1, -0.05) is 11.6 Å². The SMILES string of the molecule is CC(=O)N1CCc2c(Cl)cc(N)cc21. The highest BCUT2D eigenvalue weighted by molar-refractivity contribution is 6.32. The zero-order chi connectivity index (χ0) is 10.3. The first-order chi connectivity index (χ1) is 6.59. The summed E-state index contributed by atoms with van der Waals surface area (Å²) in [6.07, 6.45) is 0.814. The summed E-state index contributed by atoms with van der Waals surface area (Å²) in [5, 5.41) is 0.656. The van der Waals surface area contributed by atoms with Crippen molar-refractivity contribution in [3.63, 3.8) is 0 Å². The van der Waals surface area contributed by atoms with Gasteiger partial charge in [-0.2, -0.15) is 0 Å². The highest BCUT2D eigenvalue weighted by atomic mass is 35.5. The number of nitrogen functional groups attached to an aromatic ring is 1. The molecule has 2 N–H and O–H groups in total. The Bertz CT molecular complexity index is 403. The lowest BCUT2D eigenvalue weighted by molar-refractivity contribution is -0.116. The van der Waals surface area contributed by atoms with Crippen molar-refractivity contribution in [2.45, 2.75) is 13.3 Å². The molecule has 0 fully saturated rings. The highest BCUT2D eigenvalue weighted by Crippen LogP contribution is 2.35. The minimum absolute atomic E-state index is 0.0328. The smallest absolute Gasteiger partial charge is 0.223 e. The van der Waals surface area contributed by atoms with Crippen LogP contribution in [0.2, 0.25) is 5.02 Å².